The summed E-state index contributed by atoms with van der Waals surface area (Å²) in [5.41, 5.74) is -0.0434. The first-order chi connectivity index (χ1) is 9.13. The molecule has 1 aromatic heterocycles. The number of carbonyl (C=O) groups excluding carboxylic acids is 3. The van der Waals surface area contributed by atoms with Gasteiger partial charge in [0.05, 0.1) is 13.2 Å². The molecule has 19 heavy (non-hydrogen) atoms. The molecule has 0 atom stereocenters. The van der Waals surface area contributed by atoms with Gasteiger partial charge in [-0.3, -0.25) is 19.8 Å². The first kappa shape index (κ1) is 13.4. The number of carbonyl (C=O) groups is 3. The van der Waals surface area contributed by atoms with E-state index in [0.29, 0.717) is 0 Å². The molecule has 1 fully saturated rings. The van der Waals surface area contributed by atoms with Crippen LogP contribution >= 0.6 is 11.3 Å². The first-order valence-corrected chi connectivity index (χ1v) is 6.42. The molecule has 2 rings (SSSR count). The number of nitrogens with one attached hydrogen (secondary N) is 1. The van der Waals surface area contributed by atoms with E-state index in [-0.39, 0.29) is 18.7 Å². The number of nitrogens with zero attached hydrogens (tertiary/aromatic N) is 1. The molecule has 1 N–H and O–H groups in total. The monoisotopic (exact) mass is 280 g/mol. The summed E-state index contributed by atoms with van der Waals surface area (Å²) < 4.78 is 4.83. The first-order valence-electron chi connectivity index (χ1n) is 5.55. The smallest absolute Gasteiger partial charge is 0.331 e. The van der Waals surface area contributed by atoms with E-state index in [2.05, 4.69) is 5.32 Å². The van der Waals surface area contributed by atoms with Gasteiger partial charge in [-0.05, 0) is 17.5 Å². The Morgan fingerprint density at radius 2 is 2.21 bits per heavy atom. The molecule has 0 radical (unpaired) electrons. The molecule has 100 valence electrons. The van der Waals surface area contributed by atoms with Crippen LogP contribution in [0.1, 0.15) is 4.88 Å². The van der Waals surface area contributed by atoms with Crippen molar-refractivity contribution in [3.63, 3.8) is 0 Å². The molecule has 0 spiro atoms. The lowest BCUT2D eigenvalue weighted by atomic mass is 10.1. The number of barbiturate groups is 1. The SMILES string of the molecule is COCCN1C(=O)NC(=O)/C(=C\c2cccs2)C1=O. The van der Waals surface area contributed by atoms with Crippen molar-refractivity contribution in [3.8, 4) is 0 Å². The summed E-state index contributed by atoms with van der Waals surface area (Å²) in [5.74, 6) is -1.27. The van der Waals surface area contributed by atoms with E-state index in [0.717, 1.165) is 9.78 Å². The molecule has 6 nitrogen and oxygen atoms in total. The maximum atomic E-state index is 12.1. The second-order valence-corrected chi connectivity index (χ2v) is 4.76. The molecule has 7 heteroatoms. The van der Waals surface area contributed by atoms with Crippen molar-refractivity contribution in [2.45, 2.75) is 0 Å². The van der Waals surface area contributed by atoms with E-state index in [9.17, 15) is 14.4 Å². The Balaban J connectivity index is 2.25. The number of methoxy groups -OCH3 is 1. The van der Waals surface area contributed by atoms with Gasteiger partial charge in [-0.25, -0.2) is 4.79 Å². The molecular weight excluding hydrogens is 268 g/mol. The Morgan fingerprint density at radius 1 is 1.42 bits per heavy atom. The third-order valence-corrected chi connectivity index (χ3v) is 3.35. The van der Waals surface area contributed by atoms with Crippen LogP contribution in [0.25, 0.3) is 6.08 Å². The van der Waals surface area contributed by atoms with Crippen LogP contribution in [0.2, 0.25) is 0 Å². The van der Waals surface area contributed by atoms with E-state index in [1.165, 1.54) is 24.5 Å². The normalized spacial score (nSPS) is 18.1. The van der Waals surface area contributed by atoms with E-state index in [4.69, 9.17) is 4.74 Å². The van der Waals surface area contributed by atoms with Gasteiger partial charge in [0, 0.05) is 12.0 Å². The van der Waals surface area contributed by atoms with Gasteiger partial charge < -0.3 is 4.74 Å². The summed E-state index contributed by atoms with van der Waals surface area (Å²) in [6.45, 7) is 0.329. The van der Waals surface area contributed by atoms with Crippen molar-refractivity contribution in [2.75, 3.05) is 20.3 Å². The zero-order chi connectivity index (χ0) is 13.8. The predicted octanol–water partition coefficient (Wildman–Crippen LogP) is 0.856. The Labute approximate surface area is 113 Å². The molecule has 1 aliphatic rings. The predicted molar refractivity (Wildman–Crippen MR) is 69.4 cm³/mol. The molecule has 1 aromatic rings. The molecule has 0 unspecified atom stereocenters. The molecule has 0 aliphatic carbocycles. The molecule has 0 aromatic carbocycles. The number of urea groups is 1. The second-order valence-electron chi connectivity index (χ2n) is 3.78. The zero-order valence-electron chi connectivity index (χ0n) is 10.2. The number of hydrogen-bond donors (Lipinski definition) is 1. The largest absolute Gasteiger partial charge is 0.383 e. The van der Waals surface area contributed by atoms with Gasteiger partial charge in [0.1, 0.15) is 5.57 Å². The Kier molecular flexibility index (Phi) is 4.08. The highest BCUT2D eigenvalue weighted by molar-refractivity contribution is 7.10. The van der Waals surface area contributed by atoms with E-state index in [1.54, 1.807) is 6.07 Å². The highest BCUT2D eigenvalue weighted by atomic mass is 32.1. The highest BCUT2D eigenvalue weighted by Gasteiger charge is 2.35. The number of rotatable bonds is 4. The molecule has 4 amide bonds. The lowest BCUT2D eigenvalue weighted by molar-refractivity contribution is -0.130. The molecule has 0 saturated carbocycles. The number of thiophene rings is 1. The van der Waals surface area contributed by atoms with Crippen molar-refractivity contribution in [1.82, 2.24) is 10.2 Å². The van der Waals surface area contributed by atoms with E-state index >= 15 is 0 Å². The van der Waals surface area contributed by atoms with Crippen molar-refractivity contribution >= 4 is 35.3 Å². The van der Waals surface area contributed by atoms with E-state index in [1.807, 2.05) is 11.4 Å². The number of imide groups is 2. The molecular formula is C12H12N2O4S. The van der Waals surface area contributed by atoms with Crippen LogP contribution < -0.4 is 5.32 Å². The second kappa shape index (κ2) is 5.77. The lowest BCUT2D eigenvalue weighted by Gasteiger charge is -2.25. The summed E-state index contributed by atoms with van der Waals surface area (Å²) in [6.07, 6.45) is 1.48. The Hall–Kier alpha value is -1.99. The average molecular weight is 280 g/mol. The van der Waals surface area contributed by atoms with Crippen molar-refractivity contribution in [1.29, 1.82) is 0 Å². The third kappa shape index (κ3) is 2.88. The summed E-state index contributed by atoms with van der Waals surface area (Å²) in [4.78, 5) is 37.1. The minimum atomic E-state index is -0.713. The van der Waals surface area contributed by atoms with Crippen molar-refractivity contribution in [3.05, 3.63) is 28.0 Å². The molecule has 0 bridgehead atoms. The zero-order valence-corrected chi connectivity index (χ0v) is 11.0. The molecule has 1 aliphatic heterocycles. The lowest BCUT2D eigenvalue weighted by Crippen LogP contribution is -2.54. The van der Waals surface area contributed by atoms with Crippen LogP contribution in [-0.4, -0.2) is 43.0 Å². The van der Waals surface area contributed by atoms with Gasteiger partial charge in [-0.15, -0.1) is 11.3 Å². The summed E-state index contributed by atoms with van der Waals surface area (Å²) >= 11 is 1.40. The van der Waals surface area contributed by atoms with Crippen LogP contribution in [0.4, 0.5) is 4.79 Å². The fraction of sp³-hybridized carbons (Fsp3) is 0.250. The van der Waals surface area contributed by atoms with Crippen LogP contribution in [0.5, 0.6) is 0 Å². The standard InChI is InChI=1S/C12H12N2O4S/c1-18-5-4-14-11(16)9(10(15)13-12(14)17)7-8-3-2-6-19-8/h2-3,6-7H,4-5H2,1H3,(H,13,15,17)/b9-7+. The Morgan fingerprint density at radius 3 is 2.84 bits per heavy atom. The van der Waals surface area contributed by atoms with Gasteiger partial charge in [0.15, 0.2) is 0 Å². The summed E-state index contributed by atoms with van der Waals surface area (Å²) in [7, 11) is 1.47. The van der Waals surface area contributed by atoms with Gasteiger partial charge in [0.25, 0.3) is 11.8 Å². The van der Waals surface area contributed by atoms with Gasteiger partial charge in [-0.2, -0.15) is 0 Å². The van der Waals surface area contributed by atoms with Gasteiger partial charge in [0.2, 0.25) is 0 Å². The quantitative estimate of drug-likeness (QED) is 0.655. The minimum absolute atomic E-state index is 0.0434. The van der Waals surface area contributed by atoms with Crippen molar-refractivity contribution < 1.29 is 19.1 Å². The van der Waals surface area contributed by atoms with E-state index < -0.39 is 17.8 Å². The topological polar surface area (TPSA) is 75.7 Å². The Bertz CT molecular complexity index is 536. The minimum Gasteiger partial charge on any atom is -0.383 e. The van der Waals surface area contributed by atoms with Gasteiger partial charge in [-0.1, -0.05) is 6.07 Å². The average Bonchev–Trinajstić information content (AvgIpc) is 2.87. The maximum absolute atomic E-state index is 12.1. The highest BCUT2D eigenvalue weighted by Crippen LogP contribution is 2.17. The van der Waals surface area contributed by atoms with Crippen LogP contribution in [0.15, 0.2) is 23.1 Å². The summed E-state index contributed by atoms with van der Waals surface area (Å²) in [6, 6.07) is 2.89. The van der Waals surface area contributed by atoms with Gasteiger partial charge >= 0.3 is 6.03 Å². The third-order valence-electron chi connectivity index (χ3n) is 2.53. The fourth-order valence-electron chi connectivity index (χ4n) is 1.60. The summed E-state index contributed by atoms with van der Waals surface area (Å²) in [5, 5.41) is 3.98. The number of ether oxygens (including phenoxy) is 1. The maximum Gasteiger partial charge on any atom is 0.331 e. The number of hydrogen-bond acceptors (Lipinski definition) is 5. The molecule has 2 heterocycles. The molecule has 1 saturated heterocycles. The van der Waals surface area contributed by atoms with Crippen LogP contribution in [0, 0.1) is 0 Å². The van der Waals surface area contributed by atoms with Crippen LogP contribution in [-0.2, 0) is 14.3 Å². The number of amides is 4. The van der Waals surface area contributed by atoms with Crippen LogP contribution in [0.3, 0.4) is 0 Å². The van der Waals surface area contributed by atoms with Crippen molar-refractivity contribution in [2.24, 2.45) is 0 Å². The fourth-order valence-corrected chi connectivity index (χ4v) is 2.25.